The van der Waals surface area contributed by atoms with Crippen molar-refractivity contribution in [1.82, 2.24) is 9.88 Å². The maximum atomic E-state index is 13.3. The molecule has 0 aliphatic carbocycles. The van der Waals surface area contributed by atoms with Crippen molar-refractivity contribution in [3.8, 4) is 17.0 Å². The number of pyridine rings is 1. The van der Waals surface area contributed by atoms with Crippen molar-refractivity contribution in [3.63, 3.8) is 0 Å². The van der Waals surface area contributed by atoms with Crippen LogP contribution in [0.5, 0.6) is 5.88 Å². The summed E-state index contributed by atoms with van der Waals surface area (Å²) in [7, 11) is 0. The number of hydrogen-bond acceptors (Lipinski definition) is 5. The normalized spacial score (nSPS) is 11.5. The highest BCUT2D eigenvalue weighted by atomic mass is 16.4. The van der Waals surface area contributed by atoms with Crippen molar-refractivity contribution >= 4 is 17.7 Å². The Morgan fingerprint density at radius 1 is 1.09 bits per heavy atom. The molecule has 0 aliphatic heterocycles. The zero-order chi connectivity index (χ0) is 23.3. The van der Waals surface area contributed by atoms with Crippen molar-refractivity contribution in [3.05, 3.63) is 83.6 Å². The summed E-state index contributed by atoms with van der Waals surface area (Å²) >= 11 is 0. The molecule has 8 nitrogen and oxygen atoms in total. The van der Waals surface area contributed by atoms with E-state index in [0.29, 0.717) is 28.7 Å². The van der Waals surface area contributed by atoms with Gasteiger partial charge in [0, 0.05) is 28.7 Å². The summed E-state index contributed by atoms with van der Waals surface area (Å²) in [6.45, 7) is 1.84. The highest BCUT2D eigenvalue weighted by Crippen LogP contribution is 2.23. The van der Waals surface area contributed by atoms with E-state index in [1.807, 2.05) is 0 Å². The molecule has 0 radical (unpaired) electrons. The zero-order valence-electron chi connectivity index (χ0n) is 17.5. The summed E-state index contributed by atoms with van der Waals surface area (Å²) in [5.41, 5.74) is 8.57. The molecule has 5 N–H and O–H groups in total. The molecule has 0 fully saturated rings. The van der Waals surface area contributed by atoms with Crippen LogP contribution in [0.3, 0.4) is 0 Å². The molecule has 0 saturated heterocycles. The van der Waals surface area contributed by atoms with Gasteiger partial charge in [0.25, 0.3) is 5.91 Å². The maximum absolute atomic E-state index is 13.3. The largest absolute Gasteiger partial charge is 0.859 e. The van der Waals surface area contributed by atoms with E-state index in [1.54, 1.807) is 61.5 Å². The molecule has 3 rings (SSSR count). The van der Waals surface area contributed by atoms with Crippen molar-refractivity contribution in [1.29, 1.82) is 5.41 Å². The van der Waals surface area contributed by atoms with Crippen molar-refractivity contribution in [2.45, 2.75) is 25.9 Å². The standard InChI is InChI=1S/C24H24N4O4/c1-2-20(24(31)32)28(14-15-4-3-5-19(12-15)22(25)26)23(30)17-8-6-16(7-9-17)18-10-11-27-21(29)13-18/h3-13,20H,2,14H2,1H3,(H3,25,26)(H,27,29)(H,31,32). The van der Waals surface area contributed by atoms with E-state index in [0.717, 1.165) is 5.56 Å². The first-order chi connectivity index (χ1) is 15.3. The van der Waals surface area contributed by atoms with Crippen LogP contribution in [0, 0.1) is 5.41 Å². The van der Waals surface area contributed by atoms with Gasteiger partial charge in [-0.1, -0.05) is 37.3 Å². The van der Waals surface area contributed by atoms with Crippen LogP contribution in [-0.2, 0) is 11.3 Å². The first-order valence-electron chi connectivity index (χ1n) is 10.0. The lowest BCUT2D eigenvalue weighted by atomic mass is 10.0. The van der Waals surface area contributed by atoms with Gasteiger partial charge in [0.2, 0.25) is 0 Å². The number of nitrogen functional groups attached to an aromatic ring is 1. The number of rotatable bonds is 8. The third-order valence-electron chi connectivity index (χ3n) is 5.12. The van der Waals surface area contributed by atoms with Crippen molar-refractivity contribution in [2.24, 2.45) is 5.73 Å². The molecule has 0 saturated carbocycles. The lowest BCUT2D eigenvalue weighted by Gasteiger charge is -2.26. The number of carbonyl (C=O) groups excluding carboxylic acids is 2. The molecule has 1 amide bonds. The van der Waals surface area contributed by atoms with Crippen LogP contribution in [0.25, 0.3) is 11.1 Å². The van der Waals surface area contributed by atoms with E-state index in [2.05, 4.69) is 4.98 Å². The Hall–Kier alpha value is -4.20. The molecular weight excluding hydrogens is 408 g/mol. The fourth-order valence-corrected chi connectivity index (χ4v) is 3.46. The Bertz CT molecular complexity index is 1140. The van der Waals surface area contributed by atoms with Crippen LogP contribution in [0.4, 0.5) is 0 Å². The minimum absolute atomic E-state index is 0.0920. The first-order valence-corrected chi connectivity index (χ1v) is 10.0. The topological polar surface area (TPSA) is 146 Å². The monoisotopic (exact) mass is 432 g/mol. The molecule has 0 spiro atoms. The molecule has 32 heavy (non-hydrogen) atoms. The molecule has 164 valence electrons. The highest BCUT2D eigenvalue weighted by molar-refractivity contribution is 5.97. The van der Waals surface area contributed by atoms with Gasteiger partial charge in [0.1, 0.15) is 5.84 Å². The Balaban J connectivity index is 1.92. The van der Waals surface area contributed by atoms with Gasteiger partial charge >= 0.3 is 5.97 Å². The molecule has 1 heterocycles. The molecule has 1 aromatic heterocycles. The van der Waals surface area contributed by atoms with Crippen LogP contribution in [0.2, 0.25) is 0 Å². The predicted molar refractivity (Wildman–Crippen MR) is 119 cm³/mol. The lowest BCUT2D eigenvalue weighted by Crippen LogP contribution is -2.44. The van der Waals surface area contributed by atoms with Crippen molar-refractivity contribution < 1.29 is 19.8 Å². The zero-order valence-corrected chi connectivity index (χ0v) is 17.5. The van der Waals surface area contributed by atoms with Gasteiger partial charge in [-0.3, -0.25) is 15.2 Å². The Morgan fingerprint density at radius 3 is 2.41 bits per heavy atom. The Labute approximate surface area is 185 Å². The fraction of sp³-hybridized carbons (Fsp3) is 0.167. The molecule has 8 heteroatoms. The fourth-order valence-electron chi connectivity index (χ4n) is 3.46. The molecule has 0 bridgehead atoms. The second kappa shape index (κ2) is 9.74. The van der Waals surface area contributed by atoms with Gasteiger partial charge in [-0.05, 0) is 59.3 Å². The number of amidine groups is 1. The number of amides is 1. The average molecular weight is 432 g/mol. The number of nitrogens with zero attached hydrogens (tertiary/aromatic N) is 2. The second-order valence-corrected chi connectivity index (χ2v) is 7.30. The molecule has 2 aromatic carbocycles. The van der Waals surface area contributed by atoms with Gasteiger partial charge in [-0.2, -0.15) is 0 Å². The molecule has 3 aromatic rings. The lowest BCUT2D eigenvalue weighted by molar-refractivity contribution is -0.274. The smallest absolute Gasteiger partial charge is 0.538 e. The average Bonchev–Trinajstić information content (AvgIpc) is 2.78. The quantitative estimate of drug-likeness (QED) is 0.316. The first kappa shape index (κ1) is 22.5. The molecule has 0 aliphatic rings. The van der Waals surface area contributed by atoms with Crippen LogP contribution in [0.1, 0.15) is 34.8 Å². The number of carbonyl (C=O) groups is 2. The van der Waals surface area contributed by atoms with E-state index in [1.165, 1.54) is 17.2 Å². The number of nitrogens with one attached hydrogen (secondary N) is 1. The van der Waals surface area contributed by atoms with E-state index >= 15 is 0 Å². The number of benzene rings is 2. The van der Waals surface area contributed by atoms with Crippen LogP contribution >= 0.6 is 0 Å². The van der Waals surface area contributed by atoms with E-state index in [9.17, 15) is 14.7 Å². The highest BCUT2D eigenvalue weighted by Gasteiger charge is 2.34. The Kier molecular flexibility index (Phi) is 6.84. The third-order valence-corrected chi connectivity index (χ3v) is 5.12. The van der Waals surface area contributed by atoms with Gasteiger partial charge in [-0.15, -0.1) is 0 Å². The van der Waals surface area contributed by atoms with Crippen LogP contribution < -0.4 is 10.8 Å². The third kappa shape index (κ3) is 5.10. The maximum Gasteiger partial charge on any atom is 0.538 e. The SMILES string of the molecule is CCC(C(=O)[OH2+])N(Cc1cccc(C(=N)N)c1)C(=O)c1ccc(-c2ccnc([O-])c2)cc1. The minimum Gasteiger partial charge on any atom is -0.859 e. The summed E-state index contributed by atoms with van der Waals surface area (Å²) in [4.78, 5) is 30.3. The van der Waals surface area contributed by atoms with E-state index in [-0.39, 0.29) is 18.3 Å². The number of nitrogens with two attached hydrogens (primary N) is 1. The second-order valence-electron chi connectivity index (χ2n) is 7.30. The van der Waals surface area contributed by atoms with Crippen LogP contribution in [-0.4, -0.2) is 38.7 Å². The summed E-state index contributed by atoms with van der Waals surface area (Å²) in [5.74, 6) is -1.68. The molecule has 1 unspecified atom stereocenters. The van der Waals surface area contributed by atoms with Gasteiger partial charge in [-0.25, -0.2) is 0 Å². The summed E-state index contributed by atoms with van der Waals surface area (Å²) in [5, 5.41) is 26.8. The van der Waals surface area contributed by atoms with E-state index < -0.39 is 17.9 Å². The number of hydrogen-bond donors (Lipinski definition) is 2. The molecular formula is C24H24N4O4. The summed E-state index contributed by atoms with van der Waals surface area (Å²) in [6.07, 6.45) is 1.72. The van der Waals surface area contributed by atoms with E-state index in [4.69, 9.17) is 16.2 Å². The minimum atomic E-state index is -0.911. The van der Waals surface area contributed by atoms with Gasteiger partial charge in [0.05, 0.1) is 0 Å². The van der Waals surface area contributed by atoms with Crippen LogP contribution in [0.15, 0.2) is 66.9 Å². The van der Waals surface area contributed by atoms with Gasteiger partial charge < -0.3 is 20.8 Å². The Morgan fingerprint density at radius 2 is 1.81 bits per heavy atom. The summed E-state index contributed by atoms with van der Waals surface area (Å²) < 4.78 is 0. The number of aromatic nitrogens is 1. The summed E-state index contributed by atoms with van der Waals surface area (Å²) in [6, 6.07) is 15.8. The van der Waals surface area contributed by atoms with Crippen molar-refractivity contribution in [2.75, 3.05) is 0 Å². The predicted octanol–water partition coefficient (Wildman–Crippen LogP) is 1.78. The van der Waals surface area contributed by atoms with Gasteiger partial charge in [0.15, 0.2) is 6.04 Å². The molecule has 1 atom stereocenters.